The Labute approximate surface area is 135 Å². The molecule has 0 aliphatic heterocycles. The summed E-state index contributed by atoms with van der Waals surface area (Å²) < 4.78 is 11.0. The van der Waals surface area contributed by atoms with E-state index in [0.717, 1.165) is 36.3 Å². The van der Waals surface area contributed by atoms with Crippen LogP contribution in [0, 0.1) is 0 Å². The number of hydrogen-bond donors (Lipinski definition) is 1. The van der Waals surface area contributed by atoms with Crippen LogP contribution in [0.2, 0.25) is 0 Å². The molecule has 5 nitrogen and oxygen atoms in total. The summed E-state index contributed by atoms with van der Waals surface area (Å²) in [4.78, 5) is 9.20. The maximum absolute atomic E-state index is 5.56. The lowest BCUT2D eigenvalue weighted by molar-refractivity contribution is 0.0787. The molecule has 1 N–H and O–H groups in total. The van der Waals surface area contributed by atoms with Crippen molar-refractivity contribution in [2.75, 3.05) is 18.5 Å². The Kier molecular flexibility index (Phi) is 4.88. The van der Waals surface area contributed by atoms with Crippen LogP contribution in [-0.4, -0.2) is 29.2 Å². The van der Waals surface area contributed by atoms with Crippen molar-refractivity contribution >= 4 is 16.7 Å². The summed E-state index contributed by atoms with van der Waals surface area (Å²) in [6, 6.07) is 11.7. The molecule has 2 heterocycles. The summed E-state index contributed by atoms with van der Waals surface area (Å²) in [6.07, 6.45) is 2.82. The molecule has 0 unspecified atom stereocenters. The van der Waals surface area contributed by atoms with Gasteiger partial charge in [-0.15, -0.1) is 0 Å². The second-order valence-corrected chi connectivity index (χ2v) is 5.59. The maximum atomic E-state index is 5.56. The van der Waals surface area contributed by atoms with Crippen LogP contribution in [0.15, 0.2) is 47.1 Å². The van der Waals surface area contributed by atoms with Gasteiger partial charge in [0, 0.05) is 18.5 Å². The number of furan rings is 1. The quantitative estimate of drug-likeness (QED) is 0.665. The molecule has 0 atom stereocenters. The molecule has 2 aromatic heterocycles. The zero-order valence-corrected chi connectivity index (χ0v) is 13.5. The third kappa shape index (κ3) is 3.87. The van der Waals surface area contributed by atoms with Crippen LogP contribution in [0.4, 0.5) is 5.82 Å². The van der Waals surface area contributed by atoms with Crippen LogP contribution in [0.1, 0.15) is 20.3 Å². The molecule has 0 fully saturated rings. The molecule has 1 aromatic carbocycles. The molecule has 0 aliphatic carbocycles. The van der Waals surface area contributed by atoms with Crippen molar-refractivity contribution in [1.82, 2.24) is 9.97 Å². The lowest BCUT2D eigenvalue weighted by atomic mass is 10.2. The van der Waals surface area contributed by atoms with Gasteiger partial charge in [-0.1, -0.05) is 12.1 Å². The Balaban J connectivity index is 1.80. The van der Waals surface area contributed by atoms with Crippen LogP contribution in [-0.2, 0) is 4.74 Å². The average Bonchev–Trinajstić information content (AvgIpc) is 3.08. The molecule has 0 aliphatic rings. The maximum Gasteiger partial charge on any atom is 0.198 e. The number of para-hydroxylation sites is 1. The second kappa shape index (κ2) is 7.24. The van der Waals surface area contributed by atoms with Crippen LogP contribution in [0.3, 0.4) is 0 Å². The number of hydrogen-bond acceptors (Lipinski definition) is 5. The van der Waals surface area contributed by atoms with E-state index in [1.807, 2.05) is 50.2 Å². The van der Waals surface area contributed by atoms with Crippen LogP contribution in [0.25, 0.3) is 22.5 Å². The minimum absolute atomic E-state index is 0.264. The Morgan fingerprint density at radius 2 is 2.00 bits per heavy atom. The van der Waals surface area contributed by atoms with Crippen molar-refractivity contribution in [3.8, 4) is 11.6 Å². The summed E-state index contributed by atoms with van der Waals surface area (Å²) in [5.41, 5.74) is 0.898. The van der Waals surface area contributed by atoms with E-state index >= 15 is 0 Å². The Morgan fingerprint density at radius 3 is 2.78 bits per heavy atom. The van der Waals surface area contributed by atoms with Crippen molar-refractivity contribution in [3.05, 3.63) is 42.7 Å². The fourth-order valence-corrected chi connectivity index (χ4v) is 2.33. The standard InChI is InChI=1S/C18H21N3O2/c1-13(2)22-12-6-10-19-17-14-7-3-4-8-15(14)20-18(21-17)16-9-5-11-23-16/h3-5,7-9,11,13H,6,10,12H2,1-2H3,(H,19,20,21). The van der Waals surface area contributed by atoms with Crippen molar-refractivity contribution in [1.29, 1.82) is 0 Å². The van der Waals surface area contributed by atoms with Gasteiger partial charge >= 0.3 is 0 Å². The summed E-state index contributed by atoms with van der Waals surface area (Å²) in [7, 11) is 0. The first-order valence-electron chi connectivity index (χ1n) is 7.90. The number of anilines is 1. The van der Waals surface area contributed by atoms with Gasteiger partial charge in [-0.05, 0) is 44.5 Å². The molecule has 120 valence electrons. The fraction of sp³-hybridized carbons (Fsp3) is 0.333. The molecule has 0 saturated heterocycles. The van der Waals surface area contributed by atoms with E-state index in [4.69, 9.17) is 9.15 Å². The lowest BCUT2D eigenvalue weighted by Crippen LogP contribution is -2.10. The van der Waals surface area contributed by atoms with Crippen molar-refractivity contribution in [3.63, 3.8) is 0 Å². The number of benzene rings is 1. The van der Waals surface area contributed by atoms with Crippen molar-refractivity contribution in [2.45, 2.75) is 26.4 Å². The summed E-state index contributed by atoms with van der Waals surface area (Å²) in [6.45, 7) is 5.62. The van der Waals surface area contributed by atoms with Crippen LogP contribution in [0.5, 0.6) is 0 Å². The molecule has 3 aromatic rings. The second-order valence-electron chi connectivity index (χ2n) is 5.59. The zero-order chi connectivity index (χ0) is 16.1. The normalized spacial score (nSPS) is 11.3. The number of rotatable bonds is 7. The highest BCUT2D eigenvalue weighted by atomic mass is 16.5. The number of aromatic nitrogens is 2. The highest BCUT2D eigenvalue weighted by molar-refractivity contribution is 5.90. The van der Waals surface area contributed by atoms with Gasteiger partial charge in [-0.2, -0.15) is 0 Å². The number of nitrogens with one attached hydrogen (secondary N) is 1. The van der Waals surface area contributed by atoms with E-state index in [9.17, 15) is 0 Å². The molecule has 3 rings (SSSR count). The summed E-state index contributed by atoms with van der Waals surface area (Å²) in [5.74, 6) is 2.09. The van der Waals surface area contributed by atoms with E-state index < -0.39 is 0 Å². The first-order valence-corrected chi connectivity index (χ1v) is 7.90. The van der Waals surface area contributed by atoms with E-state index in [2.05, 4.69) is 15.3 Å². The van der Waals surface area contributed by atoms with Gasteiger partial charge in [0.25, 0.3) is 0 Å². The molecular weight excluding hydrogens is 290 g/mol. The Hall–Kier alpha value is -2.40. The van der Waals surface area contributed by atoms with Gasteiger partial charge in [0.05, 0.1) is 17.9 Å². The predicted molar refractivity (Wildman–Crippen MR) is 91.4 cm³/mol. The molecule has 0 amide bonds. The lowest BCUT2D eigenvalue weighted by Gasteiger charge is -2.11. The third-order valence-electron chi connectivity index (χ3n) is 3.41. The van der Waals surface area contributed by atoms with Crippen molar-refractivity contribution < 1.29 is 9.15 Å². The number of ether oxygens (including phenoxy) is 1. The first kappa shape index (κ1) is 15.5. The highest BCUT2D eigenvalue weighted by Crippen LogP contribution is 2.24. The Bertz CT molecular complexity index is 754. The highest BCUT2D eigenvalue weighted by Gasteiger charge is 2.10. The first-order chi connectivity index (χ1) is 11.2. The Morgan fingerprint density at radius 1 is 1.13 bits per heavy atom. The topological polar surface area (TPSA) is 60.2 Å². The number of fused-ring (bicyclic) bond motifs is 1. The number of nitrogens with zero attached hydrogens (tertiary/aromatic N) is 2. The predicted octanol–water partition coefficient (Wildman–Crippen LogP) is 4.12. The van der Waals surface area contributed by atoms with Crippen LogP contribution < -0.4 is 5.32 Å². The average molecular weight is 311 g/mol. The largest absolute Gasteiger partial charge is 0.461 e. The smallest absolute Gasteiger partial charge is 0.198 e. The van der Waals surface area contributed by atoms with E-state index in [1.54, 1.807) is 6.26 Å². The minimum Gasteiger partial charge on any atom is -0.461 e. The molecule has 23 heavy (non-hydrogen) atoms. The fourth-order valence-electron chi connectivity index (χ4n) is 2.33. The summed E-state index contributed by atoms with van der Waals surface area (Å²) in [5, 5.41) is 4.40. The van der Waals surface area contributed by atoms with E-state index in [-0.39, 0.29) is 6.10 Å². The third-order valence-corrected chi connectivity index (χ3v) is 3.41. The summed E-state index contributed by atoms with van der Waals surface area (Å²) >= 11 is 0. The van der Waals surface area contributed by atoms with Crippen molar-refractivity contribution in [2.24, 2.45) is 0 Å². The molecular formula is C18H21N3O2. The molecule has 0 bridgehead atoms. The molecule has 0 saturated carbocycles. The van der Waals surface area contributed by atoms with Crippen LogP contribution >= 0.6 is 0 Å². The minimum atomic E-state index is 0.264. The molecule has 0 spiro atoms. The van der Waals surface area contributed by atoms with Gasteiger partial charge in [0.2, 0.25) is 0 Å². The van der Waals surface area contributed by atoms with Gasteiger partial charge in [-0.3, -0.25) is 0 Å². The van der Waals surface area contributed by atoms with E-state index in [0.29, 0.717) is 11.6 Å². The molecule has 0 radical (unpaired) electrons. The van der Waals surface area contributed by atoms with Gasteiger partial charge in [-0.25, -0.2) is 9.97 Å². The molecule has 5 heteroatoms. The van der Waals surface area contributed by atoms with Gasteiger partial charge in [0.1, 0.15) is 5.82 Å². The SMILES string of the molecule is CC(C)OCCCNc1nc(-c2ccco2)nc2ccccc12. The van der Waals surface area contributed by atoms with Gasteiger partial charge in [0.15, 0.2) is 11.6 Å². The zero-order valence-electron chi connectivity index (χ0n) is 13.5. The van der Waals surface area contributed by atoms with E-state index in [1.165, 1.54) is 0 Å². The van der Waals surface area contributed by atoms with Gasteiger partial charge < -0.3 is 14.5 Å². The monoisotopic (exact) mass is 311 g/mol.